The van der Waals surface area contributed by atoms with Crippen LogP contribution in [0.3, 0.4) is 0 Å². The van der Waals surface area contributed by atoms with Crippen molar-refractivity contribution < 1.29 is 14.0 Å². The van der Waals surface area contributed by atoms with E-state index in [1.807, 2.05) is 29.2 Å². The van der Waals surface area contributed by atoms with Gasteiger partial charge in [-0.05, 0) is 61.9 Å². The molecule has 0 saturated carbocycles. The first-order chi connectivity index (χ1) is 17.0. The van der Waals surface area contributed by atoms with E-state index in [2.05, 4.69) is 23.5 Å². The van der Waals surface area contributed by atoms with Gasteiger partial charge in [-0.25, -0.2) is 9.37 Å². The monoisotopic (exact) mass is 491 g/mol. The lowest BCUT2D eigenvalue weighted by Gasteiger charge is -2.36. The maximum absolute atomic E-state index is 13.8. The van der Waals surface area contributed by atoms with Gasteiger partial charge in [0.1, 0.15) is 5.82 Å². The van der Waals surface area contributed by atoms with E-state index in [1.54, 1.807) is 24.3 Å². The van der Waals surface area contributed by atoms with Gasteiger partial charge < -0.3 is 10.2 Å². The molecular weight excluding hydrogens is 461 g/mol. The molecule has 2 unspecified atom stereocenters. The first-order valence-electron chi connectivity index (χ1n) is 12.3. The Bertz CT molecular complexity index is 1230. The molecule has 2 atom stereocenters. The Morgan fingerprint density at radius 2 is 1.89 bits per heavy atom. The van der Waals surface area contributed by atoms with Crippen LogP contribution in [-0.4, -0.2) is 34.8 Å². The van der Waals surface area contributed by atoms with Crippen LogP contribution in [0.4, 0.5) is 4.39 Å². The Morgan fingerprint density at radius 3 is 2.66 bits per heavy atom. The molecule has 1 N–H and O–H groups in total. The van der Waals surface area contributed by atoms with Crippen LogP contribution in [0.2, 0.25) is 0 Å². The second-order valence-electron chi connectivity index (χ2n) is 9.58. The number of allylic oxidation sites excluding steroid dienone is 2. The van der Waals surface area contributed by atoms with E-state index < -0.39 is 0 Å². The van der Waals surface area contributed by atoms with Gasteiger partial charge >= 0.3 is 0 Å². The van der Waals surface area contributed by atoms with Gasteiger partial charge in [0, 0.05) is 31.5 Å². The van der Waals surface area contributed by atoms with Gasteiger partial charge in [0.25, 0.3) is 0 Å². The molecule has 5 rings (SSSR count). The maximum Gasteiger partial charge on any atom is 0.226 e. The van der Waals surface area contributed by atoms with Crippen molar-refractivity contribution >= 4 is 33.4 Å². The molecule has 35 heavy (non-hydrogen) atoms. The first kappa shape index (κ1) is 23.7. The highest BCUT2D eigenvalue weighted by Gasteiger charge is 2.36. The number of carbonyl (C=O) groups is 2. The van der Waals surface area contributed by atoms with Crippen LogP contribution < -0.4 is 5.32 Å². The lowest BCUT2D eigenvalue weighted by molar-refractivity contribution is -0.139. The van der Waals surface area contributed by atoms with Crippen LogP contribution in [0.5, 0.6) is 0 Å². The third kappa shape index (κ3) is 5.15. The minimum atomic E-state index is -0.259. The van der Waals surface area contributed by atoms with Crippen molar-refractivity contribution in [2.75, 3.05) is 13.1 Å². The zero-order valence-corrected chi connectivity index (χ0v) is 20.7. The van der Waals surface area contributed by atoms with Crippen molar-refractivity contribution in [3.8, 4) is 0 Å². The number of rotatable bonds is 5. The predicted molar refractivity (Wildman–Crippen MR) is 137 cm³/mol. The van der Waals surface area contributed by atoms with Gasteiger partial charge in [-0.15, -0.1) is 11.3 Å². The van der Waals surface area contributed by atoms with Crippen molar-refractivity contribution in [3.05, 3.63) is 76.6 Å². The van der Waals surface area contributed by atoms with E-state index in [9.17, 15) is 14.0 Å². The van der Waals surface area contributed by atoms with E-state index >= 15 is 0 Å². The number of hydrogen-bond donors (Lipinski definition) is 1. The average Bonchev–Trinajstić information content (AvgIpc) is 3.33. The smallest absolute Gasteiger partial charge is 0.226 e. The molecule has 5 nitrogen and oxygen atoms in total. The number of nitrogens with zero attached hydrogens (tertiary/aromatic N) is 2. The number of carbonyl (C=O) groups excluding carboxylic acids is 2. The summed E-state index contributed by atoms with van der Waals surface area (Å²) in [7, 11) is 0. The first-order valence-corrected chi connectivity index (χ1v) is 13.1. The quantitative estimate of drug-likeness (QED) is 0.490. The Morgan fingerprint density at radius 1 is 1.11 bits per heavy atom. The number of piperidine rings is 1. The fourth-order valence-corrected chi connectivity index (χ4v) is 6.23. The third-order valence-electron chi connectivity index (χ3n) is 7.26. The Labute approximate surface area is 209 Å². The molecule has 1 aromatic heterocycles. The molecule has 1 aliphatic heterocycles. The summed E-state index contributed by atoms with van der Waals surface area (Å²) in [6.45, 7) is 3.21. The fraction of sp³-hybridized carbons (Fsp3) is 0.393. The minimum absolute atomic E-state index is 0.0222. The molecule has 182 valence electrons. The summed E-state index contributed by atoms with van der Waals surface area (Å²) in [6, 6.07) is 13.1. The number of likely N-dealkylation sites (tertiary alicyclic amines) is 1. The zero-order valence-electron chi connectivity index (χ0n) is 19.9. The summed E-state index contributed by atoms with van der Waals surface area (Å²) in [4.78, 5) is 33.0. The molecule has 1 aliphatic carbocycles. The van der Waals surface area contributed by atoms with Crippen molar-refractivity contribution in [2.24, 2.45) is 11.8 Å². The predicted octanol–water partition coefficient (Wildman–Crippen LogP) is 5.35. The summed E-state index contributed by atoms with van der Waals surface area (Å²) in [5, 5.41) is 3.98. The fourth-order valence-electron chi connectivity index (χ4n) is 5.09. The SMILES string of the molecule is Cc1ccc(CNC(=O)C2CCN(C(=O)C3CC=CCC3c3nc4ccccc4s3)CC2)cc1F. The van der Waals surface area contributed by atoms with E-state index in [4.69, 9.17) is 4.98 Å². The van der Waals surface area contributed by atoms with Crippen LogP contribution in [-0.2, 0) is 16.1 Å². The molecule has 2 amide bonds. The normalized spacial score (nSPS) is 20.8. The molecule has 1 fully saturated rings. The number of fused-ring (bicyclic) bond motifs is 1. The summed E-state index contributed by atoms with van der Waals surface area (Å²) < 4.78 is 14.9. The molecule has 1 saturated heterocycles. The van der Waals surface area contributed by atoms with E-state index in [0.717, 1.165) is 33.6 Å². The van der Waals surface area contributed by atoms with E-state index in [1.165, 1.54) is 6.07 Å². The number of thiazole rings is 1. The number of benzene rings is 2. The topological polar surface area (TPSA) is 62.3 Å². The number of aromatic nitrogens is 1. The number of para-hydroxylation sites is 1. The van der Waals surface area contributed by atoms with Gasteiger partial charge in [0.2, 0.25) is 11.8 Å². The van der Waals surface area contributed by atoms with Crippen LogP contribution in [0, 0.1) is 24.6 Å². The Hall–Kier alpha value is -3.06. The molecule has 3 aromatic rings. The van der Waals surface area contributed by atoms with Crippen LogP contribution >= 0.6 is 11.3 Å². The number of halogens is 1. The molecule has 2 aromatic carbocycles. The highest BCUT2D eigenvalue weighted by Crippen LogP contribution is 2.39. The van der Waals surface area contributed by atoms with E-state index in [0.29, 0.717) is 38.0 Å². The Balaban J connectivity index is 1.18. The van der Waals surface area contributed by atoms with Gasteiger partial charge in [-0.1, -0.05) is 36.4 Å². The van der Waals surface area contributed by atoms with Crippen molar-refractivity contribution in [1.82, 2.24) is 15.2 Å². The van der Waals surface area contributed by atoms with Gasteiger partial charge in [0.15, 0.2) is 0 Å². The number of nitrogens with one attached hydrogen (secondary N) is 1. The molecule has 7 heteroatoms. The molecule has 2 heterocycles. The van der Waals surface area contributed by atoms with Crippen molar-refractivity contribution in [1.29, 1.82) is 0 Å². The summed E-state index contributed by atoms with van der Waals surface area (Å²) in [6.07, 6.45) is 7.13. The Kier molecular flexibility index (Phi) is 6.95. The summed E-state index contributed by atoms with van der Waals surface area (Å²) in [5.74, 6) is -0.243. The highest BCUT2D eigenvalue weighted by atomic mass is 32.1. The van der Waals surface area contributed by atoms with Gasteiger partial charge in [-0.3, -0.25) is 9.59 Å². The standard InChI is InChI=1S/C28H30FN3O2S/c1-18-10-11-19(16-23(18)29)17-30-26(33)20-12-14-32(15-13-20)28(34)22-7-3-2-6-21(22)27-31-24-8-4-5-9-25(24)35-27/h2-5,8-11,16,20-22H,6-7,12-15,17H2,1H3,(H,30,33). The number of hydrogen-bond acceptors (Lipinski definition) is 4. The van der Waals surface area contributed by atoms with Crippen LogP contribution in [0.25, 0.3) is 10.2 Å². The number of amides is 2. The maximum atomic E-state index is 13.8. The molecule has 0 radical (unpaired) electrons. The highest BCUT2D eigenvalue weighted by molar-refractivity contribution is 7.18. The summed E-state index contributed by atoms with van der Waals surface area (Å²) >= 11 is 1.69. The third-order valence-corrected chi connectivity index (χ3v) is 8.43. The summed E-state index contributed by atoms with van der Waals surface area (Å²) in [5.41, 5.74) is 2.34. The van der Waals surface area contributed by atoms with Crippen molar-refractivity contribution in [2.45, 2.75) is 45.1 Å². The lowest BCUT2D eigenvalue weighted by Crippen LogP contribution is -2.46. The molecule has 2 aliphatic rings. The van der Waals surface area contributed by atoms with Crippen LogP contribution in [0.15, 0.2) is 54.6 Å². The van der Waals surface area contributed by atoms with Crippen LogP contribution in [0.1, 0.15) is 47.7 Å². The average molecular weight is 492 g/mol. The second-order valence-corrected chi connectivity index (χ2v) is 10.6. The molecular formula is C28H30FN3O2S. The largest absolute Gasteiger partial charge is 0.352 e. The van der Waals surface area contributed by atoms with Gasteiger partial charge in [-0.2, -0.15) is 0 Å². The lowest BCUT2D eigenvalue weighted by atomic mass is 9.81. The number of aryl methyl sites for hydroxylation is 1. The molecule has 0 spiro atoms. The van der Waals surface area contributed by atoms with Gasteiger partial charge in [0.05, 0.1) is 21.1 Å². The minimum Gasteiger partial charge on any atom is -0.352 e. The zero-order chi connectivity index (χ0) is 24.4. The van der Waals surface area contributed by atoms with E-state index in [-0.39, 0.29) is 35.4 Å². The molecule has 0 bridgehead atoms. The second kappa shape index (κ2) is 10.3. The van der Waals surface area contributed by atoms with Crippen molar-refractivity contribution in [3.63, 3.8) is 0 Å².